The Bertz CT molecular complexity index is 374. The maximum Gasteiger partial charge on any atom is 0.161 e. The Morgan fingerprint density at radius 3 is 2.44 bits per heavy atom. The Balaban J connectivity index is 2.62. The zero-order valence-electron chi connectivity index (χ0n) is 11.5. The molecule has 0 aliphatic carbocycles. The van der Waals surface area contributed by atoms with E-state index in [1.165, 1.54) is 0 Å². The predicted molar refractivity (Wildman–Crippen MR) is 70.1 cm³/mol. The van der Waals surface area contributed by atoms with Crippen molar-refractivity contribution in [2.45, 2.75) is 32.5 Å². The molecule has 4 nitrogen and oxygen atoms in total. The van der Waals surface area contributed by atoms with E-state index in [9.17, 15) is 0 Å². The van der Waals surface area contributed by atoms with Crippen molar-refractivity contribution in [3.8, 4) is 11.5 Å². The Labute approximate surface area is 108 Å². The lowest BCUT2D eigenvalue weighted by atomic mass is 10.1. The van der Waals surface area contributed by atoms with E-state index >= 15 is 0 Å². The van der Waals surface area contributed by atoms with Gasteiger partial charge in [0.05, 0.1) is 25.9 Å². The summed E-state index contributed by atoms with van der Waals surface area (Å²) in [5.41, 5.74) is 0.606. The van der Waals surface area contributed by atoms with Crippen LogP contribution in [0.25, 0.3) is 0 Å². The summed E-state index contributed by atoms with van der Waals surface area (Å²) in [6.07, 6.45) is 0.786. The second-order valence-corrected chi connectivity index (χ2v) is 4.71. The molecule has 4 heteroatoms. The van der Waals surface area contributed by atoms with Crippen molar-refractivity contribution in [3.63, 3.8) is 0 Å². The third kappa shape index (κ3) is 4.20. The second kappa shape index (κ2) is 6.61. The molecule has 0 spiro atoms. The molecule has 18 heavy (non-hydrogen) atoms. The summed E-state index contributed by atoms with van der Waals surface area (Å²) in [6, 6.07) is 5.40. The van der Waals surface area contributed by atoms with Crippen molar-refractivity contribution in [1.29, 1.82) is 0 Å². The molecule has 0 saturated carbocycles. The molecular weight excluding hydrogens is 232 g/mol. The Morgan fingerprint density at radius 1 is 1.17 bits per heavy atom. The van der Waals surface area contributed by atoms with Crippen LogP contribution < -0.4 is 9.47 Å². The summed E-state index contributed by atoms with van der Waals surface area (Å²) < 4.78 is 16.2. The molecular formula is C14H22O4. The molecule has 1 aromatic carbocycles. The van der Waals surface area contributed by atoms with Crippen molar-refractivity contribution in [2.24, 2.45) is 0 Å². The van der Waals surface area contributed by atoms with Gasteiger partial charge in [0.25, 0.3) is 0 Å². The fourth-order valence-electron chi connectivity index (χ4n) is 1.44. The van der Waals surface area contributed by atoms with E-state index in [0.717, 1.165) is 12.0 Å². The maximum atomic E-state index is 9.05. The highest BCUT2D eigenvalue weighted by molar-refractivity contribution is 5.42. The van der Waals surface area contributed by atoms with Crippen LogP contribution in [0.1, 0.15) is 25.8 Å². The minimum absolute atomic E-state index is 0.00660. The first kappa shape index (κ1) is 14.8. The highest BCUT2D eigenvalue weighted by Crippen LogP contribution is 2.28. The van der Waals surface area contributed by atoms with E-state index in [1.54, 1.807) is 20.3 Å². The smallest absolute Gasteiger partial charge is 0.161 e. The van der Waals surface area contributed by atoms with Gasteiger partial charge in [-0.25, -0.2) is 0 Å². The van der Waals surface area contributed by atoms with Crippen LogP contribution in [-0.2, 0) is 11.3 Å². The lowest BCUT2D eigenvalue weighted by Crippen LogP contribution is -2.25. The molecule has 0 aliphatic rings. The Morgan fingerprint density at radius 2 is 1.89 bits per heavy atom. The molecule has 0 aliphatic heterocycles. The number of rotatable bonds is 7. The average Bonchev–Trinajstić information content (AvgIpc) is 2.38. The summed E-state index contributed by atoms with van der Waals surface area (Å²) in [5, 5.41) is 9.05. The SMILES string of the molecule is COc1cc(CO)ccc1OCCC(C)(C)OC. The van der Waals surface area contributed by atoms with E-state index in [0.29, 0.717) is 18.1 Å². The van der Waals surface area contributed by atoms with Crippen molar-refractivity contribution < 1.29 is 19.3 Å². The first-order chi connectivity index (χ1) is 8.52. The van der Waals surface area contributed by atoms with Gasteiger partial charge < -0.3 is 19.3 Å². The third-order valence-corrected chi connectivity index (χ3v) is 2.92. The summed E-state index contributed by atoms with van der Waals surface area (Å²) in [4.78, 5) is 0. The van der Waals surface area contributed by atoms with Crippen molar-refractivity contribution in [3.05, 3.63) is 23.8 Å². The van der Waals surface area contributed by atoms with Gasteiger partial charge in [-0.3, -0.25) is 0 Å². The molecule has 0 fully saturated rings. The predicted octanol–water partition coefficient (Wildman–Crippen LogP) is 2.38. The fraction of sp³-hybridized carbons (Fsp3) is 0.571. The number of hydrogen-bond acceptors (Lipinski definition) is 4. The van der Waals surface area contributed by atoms with Crippen LogP contribution in [0, 0.1) is 0 Å². The number of methoxy groups -OCH3 is 2. The van der Waals surface area contributed by atoms with Crippen LogP contribution in [0.15, 0.2) is 18.2 Å². The van der Waals surface area contributed by atoms with Gasteiger partial charge >= 0.3 is 0 Å². The molecule has 0 atom stereocenters. The van der Waals surface area contributed by atoms with Crippen molar-refractivity contribution in [2.75, 3.05) is 20.8 Å². The highest BCUT2D eigenvalue weighted by Gasteiger charge is 2.16. The molecule has 0 bridgehead atoms. The van der Waals surface area contributed by atoms with Gasteiger partial charge in [-0.05, 0) is 31.5 Å². The van der Waals surface area contributed by atoms with Gasteiger partial charge in [0.2, 0.25) is 0 Å². The highest BCUT2D eigenvalue weighted by atomic mass is 16.5. The normalized spacial score (nSPS) is 11.4. The van der Waals surface area contributed by atoms with E-state index < -0.39 is 0 Å². The topological polar surface area (TPSA) is 47.9 Å². The summed E-state index contributed by atoms with van der Waals surface area (Å²) in [7, 11) is 3.28. The van der Waals surface area contributed by atoms with Gasteiger partial charge in [-0.1, -0.05) is 6.07 Å². The standard InChI is InChI=1S/C14H22O4/c1-14(2,17-4)7-8-18-12-6-5-11(10-15)9-13(12)16-3/h5-6,9,15H,7-8,10H2,1-4H3. The number of hydrogen-bond donors (Lipinski definition) is 1. The number of aliphatic hydroxyl groups excluding tert-OH is 1. The van der Waals surface area contributed by atoms with Gasteiger partial charge in [0.1, 0.15) is 0 Å². The average molecular weight is 254 g/mol. The van der Waals surface area contributed by atoms with Crippen LogP contribution in [0.5, 0.6) is 11.5 Å². The quantitative estimate of drug-likeness (QED) is 0.811. The molecule has 0 heterocycles. The van der Waals surface area contributed by atoms with E-state index in [2.05, 4.69) is 0 Å². The minimum atomic E-state index is -0.196. The zero-order chi connectivity index (χ0) is 13.6. The Kier molecular flexibility index (Phi) is 5.44. The maximum absolute atomic E-state index is 9.05. The largest absolute Gasteiger partial charge is 0.493 e. The molecule has 0 saturated heterocycles. The third-order valence-electron chi connectivity index (χ3n) is 2.92. The molecule has 1 rings (SSSR count). The fourth-order valence-corrected chi connectivity index (χ4v) is 1.44. The zero-order valence-corrected chi connectivity index (χ0v) is 11.5. The molecule has 0 aromatic heterocycles. The summed E-state index contributed by atoms with van der Waals surface area (Å²) >= 11 is 0. The molecule has 0 unspecified atom stereocenters. The lowest BCUT2D eigenvalue weighted by Gasteiger charge is -2.23. The molecule has 0 radical (unpaired) electrons. The monoisotopic (exact) mass is 254 g/mol. The molecule has 102 valence electrons. The Hall–Kier alpha value is -1.26. The van der Waals surface area contributed by atoms with Gasteiger partial charge in [-0.2, -0.15) is 0 Å². The molecule has 1 N–H and O–H groups in total. The summed E-state index contributed by atoms with van der Waals surface area (Å²) in [5.74, 6) is 1.32. The van der Waals surface area contributed by atoms with Crippen LogP contribution >= 0.6 is 0 Å². The van der Waals surface area contributed by atoms with Gasteiger partial charge in [-0.15, -0.1) is 0 Å². The van der Waals surface area contributed by atoms with Crippen molar-refractivity contribution >= 4 is 0 Å². The second-order valence-electron chi connectivity index (χ2n) is 4.71. The minimum Gasteiger partial charge on any atom is -0.493 e. The van der Waals surface area contributed by atoms with Crippen molar-refractivity contribution in [1.82, 2.24) is 0 Å². The molecule has 0 amide bonds. The van der Waals surface area contributed by atoms with Crippen LogP contribution in [0.4, 0.5) is 0 Å². The number of benzene rings is 1. The number of aliphatic hydroxyl groups is 1. The van der Waals surface area contributed by atoms with Crippen LogP contribution in [-0.4, -0.2) is 31.5 Å². The molecule has 1 aromatic rings. The first-order valence-electron chi connectivity index (χ1n) is 5.98. The van der Waals surface area contributed by atoms with Gasteiger partial charge in [0.15, 0.2) is 11.5 Å². The van der Waals surface area contributed by atoms with Crippen LogP contribution in [0.2, 0.25) is 0 Å². The number of ether oxygens (including phenoxy) is 3. The van der Waals surface area contributed by atoms with E-state index in [-0.39, 0.29) is 12.2 Å². The van der Waals surface area contributed by atoms with Crippen LogP contribution in [0.3, 0.4) is 0 Å². The van der Waals surface area contributed by atoms with E-state index in [4.69, 9.17) is 19.3 Å². The van der Waals surface area contributed by atoms with E-state index in [1.807, 2.05) is 26.0 Å². The first-order valence-corrected chi connectivity index (χ1v) is 5.98. The summed E-state index contributed by atoms with van der Waals surface area (Å²) in [6.45, 7) is 4.58. The van der Waals surface area contributed by atoms with Gasteiger partial charge in [0, 0.05) is 13.5 Å². The lowest BCUT2D eigenvalue weighted by molar-refractivity contribution is 0.00525.